The highest BCUT2D eigenvalue weighted by Gasteiger charge is 2.57. The molecule has 0 radical (unpaired) electrons. The molecule has 0 saturated heterocycles. The normalized spacial score (nSPS) is 18.3. The molecule has 15 heteroatoms. The molecule has 0 N–H and O–H groups in total. The third-order valence-electron chi connectivity index (χ3n) is 7.34. The maximum absolute atomic E-state index is 13.8. The lowest BCUT2D eigenvalue weighted by Crippen LogP contribution is -2.61. The molecule has 1 aliphatic rings. The molecule has 0 aliphatic heterocycles. The Morgan fingerprint density at radius 3 is 1.16 bits per heavy atom. The fraction of sp³-hybridized carbons (Fsp3) is 0.486. The molecular formula is C35H44BF9N2O3. The van der Waals surface area contributed by atoms with Crippen LogP contribution in [-0.4, -0.2) is 72.7 Å². The van der Waals surface area contributed by atoms with Crippen molar-refractivity contribution in [3.05, 3.63) is 106 Å². The summed E-state index contributed by atoms with van der Waals surface area (Å²) in [6.07, 6.45) is -14.9. The molecular weight excluding hydrogens is 678 g/mol. The van der Waals surface area contributed by atoms with Crippen molar-refractivity contribution < 1.29 is 63.2 Å². The van der Waals surface area contributed by atoms with E-state index in [1.54, 1.807) is 0 Å². The number of quaternary nitrogens is 2. The van der Waals surface area contributed by atoms with E-state index in [-0.39, 0.29) is 42.4 Å². The summed E-state index contributed by atoms with van der Waals surface area (Å²) in [4.78, 5) is 0. The fourth-order valence-electron chi connectivity index (χ4n) is 5.75. The maximum Gasteiger partial charge on any atom is 0.416 e. The molecule has 0 heterocycles. The van der Waals surface area contributed by atoms with Crippen LogP contribution in [0.4, 0.5) is 39.5 Å². The van der Waals surface area contributed by atoms with Crippen molar-refractivity contribution in [1.82, 2.24) is 0 Å². The number of benzene rings is 3. The first-order valence-electron chi connectivity index (χ1n) is 15.6. The van der Waals surface area contributed by atoms with Crippen molar-refractivity contribution in [2.24, 2.45) is 0 Å². The molecule has 1 aliphatic carbocycles. The van der Waals surface area contributed by atoms with Crippen LogP contribution in [0.5, 0.6) is 0 Å². The van der Waals surface area contributed by atoms with Gasteiger partial charge in [0.25, 0.3) is 0 Å². The van der Waals surface area contributed by atoms with Crippen molar-refractivity contribution in [2.75, 3.05) is 56.4 Å². The highest BCUT2D eigenvalue weighted by molar-refractivity contribution is 6.28. The minimum atomic E-state index is -4.89. The van der Waals surface area contributed by atoms with E-state index in [0.29, 0.717) is 24.3 Å². The second-order valence-electron chi connectivity index (χ2n) is 14.9. The first-order valence-corrected chi connectivity index (χ1v) is 15.6. The van der Waals surface area contributed by atoms with Crippen LogP contribution in [0.2, 0.25) is 0 Å². The van der Waals surface area contributed by atoms with Crippen LogP contribution in [-0.2, 0) is 34.2 Å². The summed E-state index contributed by atoms with van der Waals surface area (Å²) < 4.78 is 131. The third kappa shape index (κ3) is 11.7. The molecule has 1 fully saturated rings. The number of rotatable bonds is 5. The van der Waals surface area contributed by atoms with Crippen molar-refractivity contribution in [2.45, 2.75) is 55.2 Å². The average Bonchev–Trinajstić information content (AvgIpc) is 2.94. The lowest BCUT2D eigenvalue weighted by atomic mass is 9.53. The quantitative estimate of drug-likeness (QED) is 0.164. The molecule has 1 atom stereocenters. The van der Waals surface area contributed by atoms with E-state index >= 15 is 0 Å². The Kier molecular flexibility index (Phi) is 13.5. The second-order valence-corrected chi connectivity index (χ2v) is 14.9. The molecule has 278 valence electrons. The Bertz CT molecular complexity index is 1460. The highest BCUT2D eigenvalue weighted by Crippen LogP contribution is 2.59. The first kappa shape index (κ1) is 43.1. The lowest BCUT2D eigenvalue weighted by molar-refractivity contribution is -0.849. The second kappa shape index (κ2) is 15.6. The van der Waals surface area contributed by atoms with Gasteiger partial charge in [-0.15, -0.1) is 0 Å². The summed E-state index contributed by atoms with van der Waals surface area (Å²) in [6.45, 7) is 0. The van der Waals surface area contributed by atoms with Crippen LogP contribution in [0.1, 0.15) is 59.1 Å². The van der Waals surface area contributed by atoms with E-state index in [0.717, 1.165) is 45.4 Å². The summed E-state index contributed by atoms with van der Waals surface area (Å²) in [5.74, 6) is 0. The van der Waals surface area contributed by atoms with Gasteiger partial charge in [-0.05, 0) is 53.8 Å². The molecule has 1 unspecified atom stereocenters. The first-order chi connectivity index (χ1) is 22.5. The van der Waals surface area contributed by atoms with E-state index in [4.69, 9.17) is 4.65 Å². The zero-order valence-corrected chi connectivity index (χ0v) is 29.4. The molecule has 0 amide bonds. The van der Waals surface area contributed by atoms with E-state index in [9.17, 15) is 49.6 Å². The van der Waals surface area contributed by atoms with Crippen molar-refractivity contribution >= 4 is 7.32 Å². The number of halogens is 9. The molecule has 50 heavy (non-hydrogen) atoms. The van der Waals surface area contributed by atoms with Gasteiger partial charge in [0.15, 0.2) is 0 Å². The van der Waals surface area contributed by atoms with Crippen LogP contribution in [0.25, 0.3) is 0 Å². The molecule has 0 aromatic heterocycles. The predicted molar refractivity (Wildman–Crippen MR) is 170 cm³/mol. The molecule has 0 spiro atoms. The van der Waals surface area contributed by atoms with E-state index in [1.807, 2.05) is 0 Å². The minimum Gasteiger partial charge on any atom is -0.871 e. The molecule has 4 rings (SSSR count). The van der Waals surface area contributed by atoms with Gasteiger partial charge in [0, 0.05) is 0 Å². The molecule has 5 nitrogen and oxygen atoms in total. The van der Waals surface area contributed by atoms with Gasteiger partial charge in [-0.1, -0.05) is 61.4 Å². The summed E-state index contributed by atoms with van der Waals surface area (Å²) in [6, 6.07) is 10.6. The Hall–Kier alpha value is -3.11. The summed E-state index contributed by atoms with van der Waals surface area (Å²) in [5, 5.41) is 24.2. The Morgan fingerprint density at radius 2 is 0.840 bits per heavy atom. The number of alkyl halides is 9. The van der Waals surface area contributed by atoms with Gasteiger partial charge in [-0.3, -0.25) is 0 Å². The monoisotopic (exact) mass is 722 g/mol. The van der Waals surface area contributed by atoms with Gasteiger partial charge in [-0.2, -0.15) is 39.5 Å². The van der Waals surface area contributed by atoms with Crippen molar-refractivity contribution in [3.8, 4) is 0 Å². The maximum atomic E-state index is 13.8. The van der Waals surface area contributed by atoms with Gasteiger partial charge < -0.3 is 23.7 Å². The minimum absolute atomic E-state index is 0.155. The summed E-state index contributed by atoms with van der Waals surface area (Å²) >= 11 is 0. The third-order valence-corrected chi connectivity index (χ3v) is 7.34. The largest absolute Gasteiger partial charge is 0.871 e. The van der Waals surface area contributed by atoms with Crippen LogP contribution < -0.4 is 10.0 Å². The number of hydrogen-bond acceptors (Lipinski definition) is 3. The smallest absolute Gasteiger partial charge is 0.416 e. The van der Waals surface area contributed by atoms with Crippen LogP contribution in [0.3, 0.4) is 0 Å². The zero-order chi connectivity index (χ0) is 38.6. The van der Waals surface area contributed by atoms with Crippen molar-refractivity contribution in [1.29, 1.82) is 0 Å². The fourth-order valence-corrected chi connectivity index (χ4v) is 5.75. The van der Waals surface area contributed by atoms with E-state index < -0.39 is 53.6 Å². The van der Waals surface area contributed by atoms with Crippen LogP contribution in [0, 0.1) is 0 Å². The molecule has 3 aromatic carbocycles. The zero-order valence-electron chi connectivity index (χ0n) is 29.4. The average molecular weight is 723 g/mol. The highest BCUT2D eigenvalue weighted by atomic mass is 19.4. The van der Waals surface area contributed by atoms with E-state index in [1.165, 1.54) is 12.1 Å². The van der Waals surface area contributed by atoms with E-state index in [2.05, 4.69) is 56.4 Å². The molecule has 3 aromatic rings. The predicted octanol–water partition coefficient (Wildman–Crippen LogP) is 6.87. The number of hydrogen-bond donors (Lipinski definition) is 0. The molecule has 1 saturated carbocycles. The van der Waals surface area contributed by atoms with Gasteiger partial charge in [0.2, 0.25) is 0 Å². The Morgan fingerprint density at radius 1 is 0.540 bits per heavy atom. The lowest BCUT2D eigenvalue weighted by Gasteiger charge is -2.58. The summed E-state index contributed by atoms with van der Waals surface area (Å²) in [5.41, 5.74) is -8.90. The van der Waals surface area contributed by atoms with Crippen molar-refractivity contribution in [3.63, 3.8) is 0 Å². The van der Waals surface area contributed by atoms with Gasteiger partial charge in [-0.25, -0.2) is 0 Å². The SMILES string of the molecule is C[N+](C)(C)C.C[N+](C)(C)C.[O-]B([O-])OC1(c2cccc(C(F)(F)F)c2)CCCCC1(c1cccc(C(F)(F)F)c1)c1cccc(C(F)(F)F)c1. The number of nitrogens with zero attached hydrogens (tertiary/aromatic N) is 2. The Balaban J connectivity index is 0.000000761. The Labute approximate surface area is 288 Å². The van der Waals surface area contributed by atoms with Crippen LogP contribution in [0.15, 0.2) is 72.8 Å². The van der Waals surface area contributed by atoms with Gasteiger partial charge >= 0.3 is 18.5 Å². The topological polar surface area (TPSA) is 55.3 Å². The standard InChI is InChI=1S/C27H20BF9O3.2C4H12N/c29-25(30,31)20-9-3-6-17(14-20)23(18-7-4-10-21(15-18)26(32,33)34)12-1-2-13-24(23,40-28(38)39)19-8-5-11-22(16-19)27(35,36)37;2*1-5(2,3)4/h3-11,14-16H,1-2,12-13H2;2*1-4H3/q-2;2*+1. The molecule has 0 bridgehead atoms. The van der Waals surface area contributed by atoms with Gasteiger partial charge in [0.05, 0.1) is 91.4 Å². The van der Waals surface area contributed by atoms with Crippen LogP contribution >= 0.6 is 0 Å². The summed E-state index contributed by atoms with van der Waals surface area (Å²) in [7, 11) is 13.9. The van der Waals surface area contributed by atoms with Gasteiger partial charge in [0.1, 0.15) is 0 Å².